The molecule has 0 radical (unpaired) electrons. The van der Waals surface area contributed by atoms with Gasteiger partial charge in [0.1, 0.15) is 19.0 Å². The van der Waals surface area contributed by atoms with Crippen LogP contribution in [0.1, 0.15) is 12.8 Å². The molecule has 1 aromatic rings. The van der Waals surface area contributed by atoms with Crippen LogP contribution in [0, 0.1) is 0 Å². The molecule has 1 unspecified atom stereocenters. The van der Waals surface area contributed by atoms with Gasteiger partial charge < -0.3 is 4.74 Å². The van der Waals surface area contributed by atoms with Crippen LogP contribution in [0.25, 0.3) is 0 Å². The SMILES string of the molecule is C=[P+](CCCC(=O)OC)c1ccccc1. The van der Waals surface area contributed by atoms with Crippen LogP contribution in [-0.4, -0.2) is 25.5 Å². The summed E-state index contributed by atoms with van der Waals surface area (Å²) in [6.07, 6.45) is 6.48. The summed E-state index contributed by atoms with van der Waals surface area (Å²) < 4.78 is 4.59. The first-order valence-electron chi connectivity index (χ1n) is 4.94. The highest BCUT2D eigenvalue weighted by atomic mass is 31.1. The molecule has 0 aromatic heterocycles. The second kappa shape index (κ2) is 6.36. The fourth-order valence-corrected chi connectivity index (χ4v) is 2.68. The monoisotopic (exact) mass is 223 g/mol. The van der Waals surface area contributed by atoms with Crippen LogP contribution < -0.4 is 5.30 Å². The number of hydrogen-bond donors (Lipinski definition) is 0. The average molecular weight is 223 g/mol. The molecule has 0 aliphatic heterocycles. The normalized spacial score (nSPS) is 10.9. The van der Waals surface area contributed by atoms with Gasteiger partial charge in [0, 0.05) is 6.42 Å². The Morgan fingerprint density at radius 2 is 2.07 bits per heavy atom. The van der Waals surface area contributed by atoms with Crippen LogP contribution in [0.3, 0.4) is 0 Å². The van der Waals surface area contributed by atoms with Gasteiger partial charge in [-0.1, -0.05) is 18.2 Å². The quantitative estimate of drug-likeness (QED) is 0.565. The summed E-state index contributed by atoms with van der Waals surface area (Å²) in [6.45, 7) is 0. The molecular formula is C12H16O2P+. The molecule has 80 valence electrons. The predicted molar refractivity (Wildman–Crippen MR) is 66.2 cm³/mol. The molecule has 1 aromatic carbocycles. The molecule has 1 rings (SSSR count). The van der Waals surface area contributed by atoms with Crippen molar-refractivity contribution >= 4 is 25.1 Å². The van der Waals surface area contributed by atoms with Crippen LogP contribution in [0.5, 0.6) is 0 Å². The molecule has 3 heteroatoms. The van der Waals surface area contributed by atoms with Crippen LogP contribution in [0.15, 0.2) is 30.3 Å². The minimum absolute atomic E-state index is 0.133. The third-order valence-corrected chi connectivity index (χ3v) is 4.04. The Balaban J connectivity index is 2.34. The number of rotatable bonds is 5. The average Bonchev–Trinajstić information content (AvgIpc) is 2.29. The Hall–Kier alpha value is -1.14. The molecule has 0 spiro atoms. The van der Waals surface area contributed by atoms with Gasteiger partial charge in [0.2, 0.25) is 0 Å². The van der Waals surface area contributed by atoms with Gasteiger partial charge >= 0.3 is 5.97 Å². The van der Waals surface area contributed by atoms with E-state index in [0.717, 1.165) is 12.6 Å². The molecule has 0 aliphatic carbocycles. The summed E-state index contributed by atoms with van der Waals surface area (Å²) >= 11 is 0. The Bertz CT molecular complexity index is 333. The molecule has 0 saturated carbocycles. The zero-order valence-electron chi connectivity index (χ0n) is 8.98. The lowest BCUT2D eigenvalue weighted by atomic mass is 10.3. The van der Waals surface area contributed by atoms with Crippen LogP contribution in [-0.2, 0) is 9.53 Å². The maximum absolute atomic E-state index is 10.9. The Morgan fingerprint density at radius 3 is 2.67 bits per heavy atom. The third kappa shape index (κ3) is 4.26. The fraction of sp³-hybridized carbons (Fsp3) is 0.333. The topological polar surface area (TPSA) is 26.3 Å². The van der Waals surface area contributed by atoms with Crippen molar-refractivity contribution < 1.29 is 9.53 Å². The summed E-state index contributed by atoms with van der Waals surface area (Å²) in [6, 6.07) is 10.2. The highest BCUT2D eigenvalue weighted by Gasteiger charge is 2.11. The Morgan fingerprint density at radius 1 is 1.40 bits per heavy atom. The van der Waals surface area contributed by atoms with Crippen molar-refractivity contribution in [3.05, 3.63) is 30.3 Å². The molecule has 0 heterocycles. The second-order valence-corrected chi connectivity index (χ2v) is 5.32. The number of esters is 1. The van der Waals surface area contributed by atoms with E-state index in [9.17, 15) is 4.79 Å². The zero-order valence-corrected chi connectivity index (χ0v) is 9.87. The summed E-state index contributed by atoms with van der Waals surface area (Å²) in [7, 11) is 1.05. The third-order valence-electron chi connectivity index (χ3n) is 2.16. The van der Waals surface area contributed by atoms with Crippen molar-refractivity contribution in [2.45, 2.75) is 12.8 Å². The van der Waals surface area contributed by atoms with E-state index in [1.807, 2.05) is 18.2 Å². The maximum atomic E-state index is 10.9. The number of hydrogen-bond acceptors (Lipinski definition) is 2. The van der Waals surface area contributed by atoms with Gasteiger partial charge in [-0.2, -0.15) is 0 Å². The van der Waals surface area contributed by atoms with Crippen molar-refractivity contribution in [1.82, 2.24) is 0 Å². The number of methoxy groups -OCH3 is 1. The summed E-state index contributed by atoms with van der Waals surface area (Å²) in [5.41, 5.74) is 0. The van der Waals surface area contributed by atoms with E-state index in [4.69, 9.17) is 0 Å². The zero-order chi connectivity index (χ0) is 11.1. The summed E-state index contributed by atoms with van der Waals surface area (Å²) in [4.78, 5) is 10.9. The Labute approximate surface area is 91.7 Å². The number of carbonyl (C=O) groups excluding carboxylic acids is 1. The lowest BCUT2D eigenvalue weighted by Gasteiger charge is -1.96. The van der Waals surface area contributed by atoms with Gasteiger partial charge in [0.05, 0.1) is 13.4 Å². The van der Waals surface area contributed by atoms with Gasteiger partial charge in [0.25, 0.3) is 0 Å². The van der Waals surface area contributed by atoms with E-state index in [1.165, 1.54) is 12.4 Å². The number of carbonyl (C=O) groups is 1. The molecule has 0 N–H and O–H groups in total. The van der Waals surface area contributed by atoms with Crippen molar-refractivity contribution in [1.29, 1.82) is 0 Å². The second-order valence-electron chi connectivity index (χ2n) is 3.28. The first-order chi connectivity index (χ1) is 7.24. The molecule has 0 aliphatic rings. The van der Waals surface area contributed by atoms with Crippen LogP contribution in [0.2, 0.25) is 0 Å². The lowest BCUT2D eigenvalue weighted by Crippen LogP contribution is -2.02. The van der Waals surface area contributed by atoms with Crippen molar-refractivity contribution in [2.75, 3.05) is 13.3 Å². The van der Waals surface area contributed by atoms with Crippen molar-refractivity contribution in [3.8, 4) is 0 Å². The predicted octanol–water partition coefficient (Wildman–Crippen LogP) is 2.18. The molecule has 0 bridgehead atoms. The first kappa shape index (κ1) is 11.9. The van der Waals surface area contributed by atoms with E-state index in [1.54, 1.807) is 0 Å². The highest BCUT2D eigenvalue weighted by molar-refractivity contribution is 7.63. The minimum Gasteiger partial charge on any atom is -0.469 e. The van der Waals surface area contributed by atoms with Gasteiger partial charge in [-0.25, -0.2) is 0 Å². The molecule has 2 nitrogen and oxygen atoms in total. The lowest BCUT2D eigenvalue weighted by molar-refractivity contribution is -0.140. The largest absolute Gasteiger partial charge is 0.469 e. The summed E-state index contributed by atoms with van der Waals surface area (Å²) in [5, 5.41) is 1.29. The number of benzene rings is 1. The molecule has 0 saturated heterocycles. The number of ether oxygens (including phenoxy) is 1. The highest BCUT2D eigenvalue weighted by Crippen LogP contribution is 2.20. The minimum atomic E-state index is -0.369. The van der Waals surface area contributed by atoms with Gasteiger partial charge in [-0.3, -0.25) is 4.79 Å². The van der Waals surface area contributed by atoms with Crippen LogP contribution >= 0.6 is 7.55 Å². The van der Waals surface area contributed by atoms with Crippen molar-refractivity contribution in [2.24, 2.45) is 0 Å². The molecule has 15 heavy (non-hydrogen) atoms. The van der Waals surface area contributed by atoms with Crippen LogP contribution in [0.4, 0.5) is 0 Å². The van der Waals surface area contributed by atoms with E-state index < -0.39 is 0 Å². The van der Waals surface area contributed by atoms with Gasteiger partial charge in [0.15, 0.2) is 0 Å². The van der Waals surface area contributed by atoms with E-state index in [0.29, 0.717) is 6.42 Å². The molecule has 1 atom stereocenters. The van der Waals surface area contributed by atoms with E-state index in [-0.39, 0.29) is 13.5 Å². The van der Waals surface area contributed by atoms with E-state index >= 15 is 0 Å². The molecule has 0 fully saturated rings. The molecule has 0 amide bonds. The standard InChI is InChI=1S/C12H16O2P/c1-14-12(13)9-6-10-15(2)11-7-4-3-5-8-11/h3-5,7-8H,2,6,9-10H2,1H3/q+1. The smallest absolute Gasteiger partial charge is 0.305 e. The molecular weight excluding hydrogens is 207 g/mol. The van der Waals surface area contributed by atoms with Gasteiger partial charge in [-0.15, -0.1) is 0 Å². The summed E-state index contributed by atoms with van der Waals surface area (Å²) in [5.74, 6) is -0.133. The van der Waals surface area contributed by atoms with E-state index in [2.05, 4.69) is 23.2 Å². The van der Waals surface area contributed by atoms with Gasteiger partial charge in [-0.05, 0) is 18.6 Å². The fourth-order valence-electron chi connectivity index (χ4n) is 1.28. The van der Waals surface area contributed by atoms with Crippen molar-refractivity contribution in [3.63, 3.8) is 0 Å². The maximum Gasteiger partial charge on any atom is 0.305 e. The Kier molecular flexibility index (Phi) is 5.06. The first-order valence-corrected chi connectivity index (χ1v) is 6.65.